The summed E-state index contributed by atoms with van der Waals surface area (Å²) >= 11 is 0. The number of aryl methyl sites for hydroxylation is 1. The summed E-state index contributed by atoms with van der Waals surface area (Å²) in [5.74, 6) is -0.272. The second-order valence-electron chi connectivity index (χ2n) is 5.52. The molecule has 0 saturated heterocycles. The molecule has 0 aliphatic heterocycles. The molecule has 1 aliphatic carbocycles. The van der Waals surface area contributed by atoms with E-state index in [0.29, 0.717) is 0 Å². The van der Waals surface area contributed by atoms with Crippen LogP contribution in [0.4, 0.5) is 0 Å². The number of primary amides is 1. The van der Waals surface area contributed by atoms with Gasteiger partial charge in [-0.25, -0.2) is 0 Å². The fraction of sp³-hybridized carbons (Fsp3) is 0.353. The third kappa shape index (κ3) is 2.13. The number of benzene rings is 1. The van der Waals surface area contributed by atoms with Crippen molar-refractivity contribution in [1.29, 1.82) is 0 Å². The van der Waals surface area contributed by atoms with Crippen molar-refractivity contribution >= 4 is 5.91 Å². The van der Waals surface area contributed by atoms with E-state index in [1.165, 1.54) is 24.1 Å². The van der Waals surface area contributed by atoms with E-state index in [-0.39, 0.29) is 11.9 Å². The van der Waals surface area contributed by atoms with Crippen LogP contribution in [0, 0.1) is 0 Å². The predicted octanol–water partition coefficient (Wildman–Crippen LogP) is 3.08. The molecular weight excluding hydrogens is 248 g/mol. The van der Waals surface area contributed by atoms with Crippen molar-refractivity contribution < 1.29 is 4.79 Å². The molecule has 1 aromatic heterocycles. The van der Waals surface area contributed by atoms with Crippen LogP contribution in [0.3, 0.4) is 0 Å². The highest BCUT2D eigenvalue weighted by atomic mass is 16.1. The SMILES string of the molecule is C[C@@H](C(N)=O)n1c(-c2ccccc2)cc2c1CCCC2. The fourth-order valence-electron chi connectivity index (χ4n) is 3.12. The summed E-state index contributed by atoms with van der Waals surface area (Å²) in [6.45, 7) is 1.89. The van der Waals surface area contributed by atoms with E-state index in [9.17, 15) is 4.79 Å². The minimum atomic E-state index is -0.299. The summed E-state index contributed by atoms with van der Waals surface area (Å²) in [6.07, 6.45) is 4.57. The molecule has 1 aliphatic rings. The Labute approximate surface area is 119 Å². The Bertz CT molecular complexity index is 628. The normalized spacial score (nSPS) is 15.7. The molecule has 0 bridgehead atoms. The van der Waals surface area contributed by atoms with Crippen LogP contribution in [-0.2, 0) is 17.6 Å². The fourth-order valence-corrected chi connectivity index (χ4v) is 3.12. The van der Waals surface area contributed by atoms with Gasteiger partial charge in [0, 0.05) is 11.4 Å². The van der Waals surface area contributed by atoms with Gasteiger partial charge in [0.1, 0.15) is 6.04 Å². The van der Waals surface area contributed by atoms with Crippen molar-refractivity contribution in [3.05, 3.63) is 47.7 Å². The van der Waals surface area contributed by atoms with Gasteiger partial charge in [0.05, 0.1) is 0 Å². The molecule has 1 atom stereocenters. The first kappa shape index (κ1) is 13.0. The maximum Gasteiger partial charge on any atom is 0.240 e. The predicted molar refractivity (Wildman–Crippen MR) is 80.4 cm³/mol. The van der Waals surface area contributed by atoms with Crippen molar-refractivity contribution in [3.8, 4) is 11.3 Å². The topological polar surface area (TPSA) is 48.0 Å². The second-order valence-corrected chi connectivity index (χ2v) is 5.52. The number of carbonyl (C=O) groups excluding carboxylic acids is 1. The highest BCUT2D eigenvalue weighted by Crippen LogP contribution is 2.33. The minimum absolute atomic E-state index is 0.272. The average molecular weight is 268 g/mol. The van der Waals surface area contributed by atoms with E-state index in [0.717, 1.165) is 24.1 Å². The molecular formula is C17H20N2O. The summed E-state index contributed by atoms with van der Waals surface area (Å²) in [5, 5.41) is 0. The highest BCUT2D eigenvalue weighted by Gasteiger charge is 2.24. The Morgan fingerprint density at radius 2 is 1.90 bits per heavy atom. The van der Waals surface area contributed by atoms with E-state index in [2.05, 4.69) is 22.8 Å². The Balaban J connectivity index is 2.18. The van der Waals surface area contributed by atoms with Gasteiger partial charge < -0.3 is 10.3 Å². The number of amides is 1. The number of nitrogens with zero attached hydrogens (tertiary/aromatic N) is 1. The van der Waals surface area contributed by atoms with Gasteiger partial charge in [0.2, 0.25) is 5.91 Å². The lowest BCUT2D eigenvalue weighted by atomic mass is 9.97. The Morgan fingerprint density at radius 1 is 1.20 bits per heavy atom. The van der Waals surface area contributed by atoms with E-state index in [1.54, 1.807) is 0 Å². The van der Waals surface area contributed by atoms with Crippen LogP contribution >= 0.6 is 0 Å². The van der Waals surface area contributed by atoms with Crippen molar-refractivity contribution in [2.45, 2.75) is 38.6 Å². The van der Waals surface area contributed by atoms with Crippen LogP contribution in [0.5, 0.6) is 0 Å². The van der Waals surface area contributed by atoms with Crippen molar-refractivity contribution in [1.82, 2.24) is 4.57 Å². The highest BCUT2D eigenvalue weighted by molar-refractivity contribution is 5.79. The third-order valence-electron chi connectivity index (χ3n) is 4.21. The minimum Gasteiger partial charge on any atom is -0.368 e. The molecule has 1 amide bonds. The number of hydrogen-bond acceptors (Lipinski definition) is 1. The molecule has 3 rings (SSSR count). The molecule has 1 heterocycles. The summed E-state index contributed by atoms with van der Waals surface area (Å²) in [7, 11) is 0. The van der Waals surface area contributed by atoms with Crippen LogP contribution in [-0.4, -0.2) is 10.5 Å². The van der Waals surface area contributed by atoms with Crippen LogP contribution in [0.15, 0.2) is 36.4 Å². The lowest BCUT2D eigenvalue weighted by Crippen LogP contribution is -2.26. The van der Waals surface area contributed by atoms with Crippen LogP contribution in [0.1, 0.15) is 37.1 Å². The molecule has 0 radical (unpaired) electrons. The summed E-state index contributed by atoms with van der Waals surface area (Å²) < 4.78 is 2.14. The average Bonchev–Trinajstić information content (AvgIpc) is 2.86. The summed E-state index contributed by atoms with van der Waals surface area (Å²) in [6, 6.07) is 12.2. The lowest BCUT2D eigenvalue weighted by Gasteiger charge is -2.21. The second kappa shape index (κ2) is 5.16. The molecule has 0 fully saturated rings. The Kier molecular flexibility index (Phi) is 3.35. The zero-order chi connectivity index (χ0) is 14.1. The van der Waals surface area contributed by atoms with Crippen molar-refractivity contribution in [2.75, 3.05) is 0 Å². The van der Waals surface area contributed by atoms with E-state index >= 15 is 0 Å². The van der Waals surface area contributed by atoms with Gasteiger partial charge in [-0.15, -0.1) is 0 Å². The number of fused-ring (bicyclic) bond motifs is 1. The van der Waals surface area contributed by atoms with Gasteiger partial charge in [-0.2, -0.15) is 0 Å². The van der Waals surface area contributed by atoms with Gasteiger partial charge >= 0.3 is 0 Å². The van der Waals surface area contributed by atoms with Gasteiger partial charge in [0.25, 0.3) is 0 Å². The Morgan fingerprint density at radius 3 is 2.60 bits per heavy atom. The van der Waals surface area contributed by atoms with Crippen molar-refractivity contribution in [3.63, 3.8) is 0 Å². The lowest BCUT2D eigenvalue weighted by molar-refractivity contribution is -0.120. The van der Waals surface area contributed by atoms with Gasteiger partial charge in [-0.05, 0) is 49.8 Å². The summed E-state index contributed by atoms with van der Waals surface area (Å²) in [5.41, 5.74) is 10.5. The largest absolute Gasteiger partial charge is 0.368 e. The number of rotatable bonds is 3. The van der Waals surface area contributed by atoms with Crippen LogP contribution < -0.4 is 5.73 Å². The first-order valence-corrected chi connectivity index (χ1v) is 7.26. The monoisotopic (exact) mass is 268 g/mol. The molecule has 2 aromatic rings. The molecule has 20 heavy (non-hydrogen) atoms. The molecule has 104 valence electrons. The maximum absolute atomic E-state index is 11.7. The number of hydrogen-bond donors (Lipinski definition) is 1. The molecule has 3 nitrogen and oxygen atoms in total. The van der Waals surface area contributed by atoms with Gasteiger partial charge in [-0.1, -0.05) is 30.3 Å². The first-order valence-electron chi connectivity index (χ1n) is 7.26. The number of carbonyl (C=O) groups is 1. The standard InChI is InChI=1S/C17H20N2O/c1-12(17(18)20)19-15-10-6-5-9-14(15)11-16(19)13-7-3-2-4-8-13/h2-4,7-8,11-12H,5-6,9-10H2,1H3,(H2,18,20)/t12-/m0/s1. The van der Waals surface area contributed by atoms with E-state index < -0.39 is 0 Å². The maximum atomic E-state index is 11.7. The molecule has 0 unspecified atom stereocenters. The molecule has 3 heteroatoms. The molecule has 0 spiro atoms. The summed E-state index contributed by atoms with van der Waals surface area (Å²) in [4.78, 5) is 11.7. The van der Waals surface area contributed by atoms with E-state index in [4.69, 9.17) is 5.73 Å². The third-order valence-corrected chi connectivity index (χ3v) is 4.21. The Hall–Kier alpha value is -2.03. The zero-order valence-corrected chi connectivity index (χ0v) is 11.8. The van der Waals surface area contributed by atoms with Crippen molar-refractivity contribution in [2.24, 2.45) is 5.73 Å². The number of nitrogens with two attached hydrogens (primary N) is 1. The molecule has 0 saturated carbocycles. The molecule has 2 N–H and O–H groups in total. The zero-order valence-electron chi connectivity index (χ0n) is 11.8. The number of aromatic nitrogens is 1. The van der Waals surface area contributed by atoms with Gasteiger partial charge in [0.15, 0.2) is 0 Å². The van der Waals surface area contributed by atoms with Crippen LogP contribution in [0.25, 0.3) is 11.3 Å². The van der Waals surface area contributed by atoms with E-state index in [1.807, 2.05) is 25.1 Å². The quantitative estimate of drug-likeness (QED) is 0.913. The molecule has 1 aromatic carbocycles. The smallest absolute Gasteiger partial charge is 0.240 e. The van der Waals surface area contributed by atoms with Gasteiger partial charge in [-0.3, -0.25) is 4.79 Å². The first-order chi connectivity index (χ1) is 9.68. The van der Waals surface area contributed by atoms with Crippen LogP contribution in [0.2, 0.25) is 0 Å².